The summed E-state index contributed by atoms with van der Waals surface area (Å²) in [6, 6.07) is 0.482. The summed E-state index contributed by atoms with van der Waals surface area (Å²) in [5, 5.41) is 3.54. The van der Waals surface area contributed by atoms with Gasteiger partial charge in [0.2, 0.25) is 0 Å². The Morgan fingerprint density at radius 1 is 1.17 bits per heavy atom. The van der Waals surface area contributed by atoms with Crippen LogP contribution < -0.4 is 5.32 Å². The molecule has 0 rings (SSSR count). The van der Waals surface area contributed by atoms with E-state index in [9.17, 15) is 0 Å². The van der Waals surface area contributed by atoms with Gasteiger partial charge in [0.1, 0.15) is 0 Å². The molecule has 0 aliphatic heterocycles. The van der Waals surface area contributed by atoms with Crippen LogP contribution in [0.4, 0.5) is 0 Å². The molecule has 0 aliphatic carbocycles. The third-order valence-electron chi connectivity index (χ3n) is 3.51. The minimum atomic E-state index is -0.0866. The zero-order chi connectivity index (χ0) is 14.0. The molecule has 2 atom stereocenters. The SMILES string of the molecule is CCCC(NCC)C(CC)OCCC(C)(C)OC. The Labute approximate surface area is 114 Å². The van der Waals surface area contributed by atoms with Crippen LogP contribution in [0.1, 0.15) is 60.3 Å². The lowest BCUT2D eigenvalue weighted by Gasteiger charge is -2.29. The van der Waals surface area contributed by atoms with Gasteiger partial charge in [0.25, 0.3) is 0 Å². The fourth-order valence-corrected chi connectivity index (χ4v) is 2.07. The van der Waals surface area contributed by atoms with Crippen molar-refractivity contribution in [1.29, 1.82) is 0 Å². The summed E-state index contributed by atoms with van der Waals surface area (Å²) in [5.74, 6) is 0. The topological polar surface area (TPSA) is 30.5 Å². The van der Waals surface area contributed by atoms with Gasteiger partial charge in [-0.15, -0.1) is 0 Å². The van der Waals surface area contributed by atoms with E-state index in [1.165, 1.54) is 12.8 Å². The standard InChI is InChI=1S/C15H33NO2/c1-7-10-13(16-9-3)14(8-2)18-12-11-15(4,5)17-6/h13-14,16H,7-12H2,1-6H3. The smallest absolute Gasteiger partial charge is 0.0725 e. The zero-order valence-corrected chi connectivity index (χ0v) is 13.2. The maximum absolute atomic E-state index is 6.05. The van der Waals surface area contributed by atoms with Gasteiger partial charge in [0.15, 0.2) is 0 Å². The lowest BCUT2D eigenvalue weighted by molar-refractivity contribution is -0.0364. The van der Waals surface area contributed by atoms with Crippen molar-refractivity contribution in [1.82, 2.24) is 5.32 Å². The number of nitrogens with one attached hydrogen (secondary N) is 1. The Bertz CT molecular complexity index is 189. The van der Waals surface area contributed by atoms with Crippen molar-refractivity contribution >= 4 is 0 Å². The Kier molecular flexibility index (Phi) is 9.70. The van der Waals surface area contributed by atoms with Crippen LogP contribution in [0.15, 0.2) is 0 Å². The Balaban J connectivity index is 4.14. The average molecular weight is 259 g/mol. The molecule has 2 unspecified atom stereocenters. The first kappa shape index (κ1) is 17.9. The summed E-state index contributed by atoms with van der Waals surface area (Å²) in [6.45, 7) is 12.6. The largest absolute Gasteiger partial charge is 0.379 e. The fourth-order valence-electron chi connectivity index (χ4n) is 2.07. The summed E-state index contributed by atoms with van der Waals surface area (Å²) >= 11 is 0. The molecule has 0 aromatic rings. The van der Waals surface area contributed by atoms with E-state index in [0.29, 0.717) is 12.1 Å². The van der Waals surface area contributed by atoms with Gasteiger partial charge in [-0.2, -0.15) is 0 Å². The molecule has 0 bridgehead atoms. The summed E-state index contributed by atoms with van der Waals surface area (Å²) in [6.07, 6.45) is 4.69. The third kappa shape index (κ3) is 7.34. The van der Waals surface area contributed by atoms with E-state index in [0.717, 1.165) is 26.0 Å². The molecule has 0 aromatic carbocycles. The van der Waals surface area contributed by atoms with Gasteiger partial charge in [-0.3, -0.25) is 0 Å². The van der Waals surface area contributed by atoms with Crippen molar-refractivity contribution in [3.63, 3.8) is 0 Å². The van der Waals surface area contributed by atoms with Crippen LogP contribution in [0.3, 0.4) is 0 Å². The second-order valence-electron chi connectivity index (χ2n) is 5.48. The third-order valence-corrected chi connectivity index (χ3v) is 3.51. The zero-order valence-electron chi connectivity index (χ0n) is 13.2. The number of likely N-dealkylation sites (N-methyl/N-ethyl adjacent to an activating group) is 1. The van der Waals surface area contributed by atoms with E-state index in [2.05, 4.69) is 39.9 Å². The number of ether oxygens (including phenoxy) is 2. The Morgan fingerprint density at radius 3 is 2.28 bits per heavy atom. The average Bonchev–Trinajstić information content (AvgIpc) is 2.34. The number of methoxy groups -OCH3 is 1. The number of hydrogen-bond acceptors (Lipinski definition) is 3. The highest BCUT2D eigenvalue weighted by atomic mass is 16.5. The molecule has 18 heavy (non-hydrogen) atoms. The first-order valence-electron chi connectivity index (χ1n) is 7.40. The maximum atomic E-state index is 6.05. The molecule has 0 aromatic heterocycles. The van der Waals surface area contributed by atoms with E-state index >= 15 is 0 Å². The predicted octanol–water partition coefficient (Wildman–Crippen LogP) is 3.37. The minimum Gasteiger partial charge on any atom is -0.379 e. The van der Waals surface area contributed by atoms with Crippen molar-refractivity contribution in [2.75, 3.05) is 20.3 Å². The van der Waals surface area contributed by atoms with Gasteiger partial charge in [-0.05, 0) is 39.7 Å². The molecule has 0 spiro atoms. The highest BCUT2D eigenvalue weighted by molar-refractivity contribution is 4.76. The molecule has 0 fully saturated rings. The van der Waals surface area contributed by atoms with Crippen LogP contribution in [-0.2, 0) is 9.47 Å². The molecule has 0 saturated carbocycles. The van der Waals surface area contributed by atoms with Gasteiger partial charge < -0.3 is 14.8 Å². The molecule has 3 heteroatoms. The van der Waals surface area contributed by atoms with Crippen LogP contribution >= 0.6 is 0 Å². The maximum Gasteiger partial charge on any atom is 0.0725 e. The molecule has 0 radical (unpaired) electrons. The summed E-state index contributed by atoms with van der Waals surface area (Å²) < 4.78 is 11.5. The summed E-state index contributed by atoms with van der Waals surface area (Å²) in [7, 11) is 1.76. The highest BCUT2D eigenvalue weighted by Gasteiger charge is 2.21. The Morgan fingerprint density at radius 2 is 1.83 bits per heavy atom. The monoisotopic (exact) mass is 259 g/mol. The van der Waals surface area contributed by atoms with Crippen LogP contribution in [0, 0.1) is 0 Å². The van der Waals surface area contributed by atoms with Crippen molar-refractivity contribution in [2.45, 2.75) is 78.0 Å². The second kappa shape index (κ2) is 9.76. The van der Waals surface area contributed by atoms with E-state index in [-0.39, 0.29) is 5.60 Å². The van der Waals surface area contributed by atoms with E-state index in [1.807, 2.05) is 0 Å². The van der Waals surface area contributed by atoms with E-state index in [4.69, 9.17) is 9.47 Å². The van der Waals surface area contributed by atoms with Crippen LogP contribution in [0.25, 0.3) is 0 Å². The van der Waals surface area contributed by atoms with Crippen LogP contribution in [-0.4, -0.2) is 38.0 Å². The first-order chi connectivity index (χ1) is 8.50. The minimum absolute atomic E-state index is 0.0866. The molecule has 1 N–H and O–H groups in total. The lowest BCUT2D eigenvalue weighted by Crippen LogP contribution is -2.41. The predicted molar refractivity (Wildman–Crippen MR) is 78.1 cm³/mol. The first-order valence-corrected chi connectivity index (χ1v) is 7.40. The van der Waals surface area contributed by atoms with E-state index in [1.54, 1.807) is 7.11 Å². The van der Waals surface area contributed by atoms with Gasteiger partial charge in [0, 0.05) is 19.8 Å². The highest BCUT2D eigenvalue weighted by Crippen LogP contribution is 2.16. The second-order valence-corrected chi connectivity index (χ2v) is 5.48. The normalized spacial score (nSPS) is 15.7. The molecule has 3 nitrogen and oxygen atoms in total. The molecule has 0 heterocycles. The number of hydrogen-bond donors (Lipinski definition) is 1. The molecule has 110 valence electrons. The molecular formula is C15H33NO2. The van der Waals surface area contributed by atoms with Gasteiger partial charge >= 0.3 is 0 Å². The van der Waals surface area contributed by atoms with Crippen molar-refractivity contribution in [3.8, 4) is 0 Å². The fraction of sp³-hybridized carbons (Fsp3) is 1.00. The number of rotatable bonds is 11. The van der Waals surface area contributed by atoms with E-state index < -0.39 is 0 Å². The summed E-state index contributed by atoms with van der Waals surface area (Å²) in [5.41, 5.74) is -0.0866. The van der Waals surface area contributed by atoms with Crippen molar-refractivity contribution in [2.24, 2.45) is 0 Å². The van der Waals surface area contributed by atoms with Crippen molar-refractivity contribution < 1.29 is 9.47 Å². The molecular weight excluding hydrogens is 226 g/mol. The van der Waals surface area contributed by atoms with Gasteiger partial charge in [-0.25, -0.2) is 0 Å². The van der Waals surface area contributed by atoms with Gasteiger partial charge in [0.05, 0.1) is 11.7 Å². The van der Waals surface area contributed by atoms with Crippen LogP contribution in [0.2, 0.25) is 0 Å². The molecule has 0 amide bonds. The van der Waals surface area contributed by atoms with Crippen molar-refractivity contribution in [3.05, 3.63) is 0 Å². The molecule has 0 aliphatic rings. The van der Waals surface area contributed by atoms with Gasteiger partial charge in [-0.1, -0.05) is 27.2 Å². The lowest BCUT2D eigenvalue weighted by atomic mass is 10.0. The summed E-state index contributed by atoms with van der Waals surface area (Å²) in [4.78, 5) is 0. The Hall–Kier alpha value is -0.120. The quantitative estimate of drug-likeness (QED) is 0.617. The molecule has 0 saturated heterocycles. The van der Waals surface area contributed by atoms with Crippen LogP contribution in [0.5, 0.6) is 0 Å².